The summed E-state index contributed by atoms with van der Waals surface area (Å²) in [5, 5.41) is 0.559. The van der Waals surface area contributed by atoms with Gasteiger partial charge in [0.1, 0.15) is 6.10 Å². The highest BCUT2D eigenvalue weighted by atomic mass is 35.5. The van der Waals surface area contributed by atoms with Crippen LogP contribution in [0.5, 0.6) is 0 Å². The first kappa shape index (κ1) is 12.2. The first-order valence-electron chi connectivity index (χ1n) is 5.65. The van der Waals surface area contributed by atoms with Gasteiger partial charge in [-0.1, -0.05) is 23.7 Å². The molecule has 0 bridgehead atoms. The molecule has 1 aliphatic heterocycles. The van der Waals surface area contributed by atoms with Crippen LogP contribution in [0, 0.1) is 0 Å². The first-order valence-corrected chi connectivity index (χ1v) is 6.03. The smallest absolute Gasteiger partial charge is 0.414 e. The number of rotatable bonds is 4. The summed E-state index contributed by atoms with van der Waals surface area (Å²) in [7, 11) is 0. The van der Waals surface area contributed by atoms with Gasteiger partial charge in [0.15, 0.2) is 0 Å². The third-order valence-electron chi connectivity index (χ3n) is 2.75. The molecule has 0 radical (unpaired) electrons. The van der Waals surface area contributed by atoms with Gasteiger partial charge in [0.2, 0.25) is 0 Å². The van der Waals surface area contributed by atoms with E-state index in [9.17, 15) is 4.79 Å². The molecule has 1 saturated heterocycles. The summed E-state index contributed by atoms with van der Waals surface area (Å²) < 4.78 is 5.26. The number of carbonyl (C=O) groups is 1. The molecule has 4 nitrogen and oxygen atoms in total. The van der Waals surface area contributed by atoms with Crippen molar-refractivity contribution in [1.29, 1.82) is 0 Å². The Morgan fingerprint density at radius 3 is 2.94 bits per heavy atom. The normalized spacial score (nSPS) is 19.5. The van der Waals surface area contributed by atoms with Crippen molar-refractivity contribution in [2.45, 2.75) is 18.9 Å². The number of anilines is 1. The summed E-state index contributed by atoms with van der Waals surface area (Å²) in [4.78, 5) is 13.3. The van der Waals surface area contributed by atoms with Crippen LogP contribution in [0.4, 0.5) is 10.5 Å². The van der Waals surface area contributed by atoms with Gasteiger partial charge in [-0.25, -0.2) is 4.79 Å². The quantitative estimate of drug-likeness (QED) is 0.898. The Morgan fingerprint density at radius 1 is 1.47 bits per heavy atom. The minimum atomic E-state index is -0.333. The average Bonchev–Trinajstić information content (AvgIpc) is 2.68. The third-order valence-corrected chi connectivity index (χ3v) is 3.07. The zero-order chi connectivity index (χ0) is 12.3. The number of hydrogen-bond donors (Lipinski definition) is 1. The van der Waals surface area contributed by atoms with E-state index < -0.39 is 0 Å². The van der Waals surface area contributed by atoms with Crippen LogP contribution in [0.25, 0.3) is 0 Å². The highest BCUT2D eigenvalue weighted by molar-refractivity contribution is 6.33. The van der Waals surface area contributed by atoms with Gasteiger partial charge < -0.3 is 10.5 Å². The van der Waals surface area contributed by atoms with E-state index in [1.807, 2.05) is 18.2 Å². The molecule has 1 heterocycles. The Balaban J connectivity index is 2.08. The van der Waals surface area contributed by atoms with Crippen molar-refractivity contribution in [2.75, 3.05) is 18.0 Å². The average molecular weight is 255 g/mol. The molecule has 1 aromatic rings. The second-order valence-electron chi connectivity index (χ2n) is 4.00. The van der Waals surface area contributed by atoms with Crippen molar-refractivity contribution in [2.24, 2.45) is 5.73 Å². The highest BCUT2D eigenvalue weighted by Crippen LogP contribution is 2.29. The van der Waals surface area contributed by atoms with E-state index >= 15 is 0 Å². The molecule has 2 N–H and O–H groups in total. The van der Waals surface area contributed by atoms with E-state index in [0.29, 0.717) is 23.8 Å². The summed E-state index contributed by atoms with van der Waals surface area (Å²) in [5.74, 6) is 0. The SMILES string of the molecule is NCCCC1CN(c2ccccc2Cl)C(=O)O1. The predicted molar refractivity (Wildman–Crippen MR) is 67.4 cm³/mol. The number of ether oxygens (including phenoxy) is 1. The molecule has 92 valence electrons. The fourth-order valence-electron chi connectivity index (χ4n) is 1.88. The van der Waals surface area contributed by atoms with Crippen molar-refractivity contribution in [3.05, 3.63) is 29.3 Å². The number of para-hydroxylation sites is 1. The molecular weight excluding hydrogens is 240 g/mol. The number of cyclic esters (lactones) is 1. The topological polar surface area (TPSA) is 55.6 Å². The lowest BCUT2D eigenvalue weighted by atomic mass is 10.2. The summed E-state index contributed by atoms with van der Waals surface area (Å²) in [6.45, 7) is 1.16. The molecule has 1 aromatic carbocycles. The van der Waals surface area contributed by atoms with Crippen LogP contribution in [0.2, 0.25) is 5.02 Å². The number of benzene rings is 1. The number of hydrogen-bond acceptors (Lipinski definition) is 3. The Hall–Kier alpha value is -1.26. The number of amides is 1. The van der Waals surface area contributed by atoms with E-state index in [0.717, 1.165) is 12.8 Å². The van der Waals surface area contributed by atoms with Crippen molar-refractivity contribution in [3.63, 3.8) is 0 Å². The molecule has 1 unspecified atom stereocenters. The van der Waals surface area contributed by atoms with Crippen LogP contribution in [0.15, 0.2) is 24.3 Å². The predicted octanol–water partition coefficient (Wildman–Crippen LogP) is 2.40. The minimum absolute atomic E-state index is 0.0812. The highest BCUT2D eigenvalue weighted by Gasteiger charge is 2.32. The van der Waals surface area contributed by atoms with Gasteiger partial charge >= 0.3 is 6.09 Å². The number of nitrogens with zero attached hydrogens (tertiary/aromatic N) is 1. The summed E-state index contributed by atoms with van der Waals surface area (Å²) in [5.41, 5.74) is 6.14. The summed E-state index contributed by atoms with van der Waals surface area (Å²) >= 11 is 6.05. The molecule has 0 aliphatic carbocycles. The van der Waals surface area contributed by atoms with Crippen LogP contribution in [0.3, 0.4) is 0 Å². The lowest BCUT2D eigenvalue weighted by Crippen LogP contribution is -2.24. The molecule has 1 amide bonds. The lowest BCUT2D eigenvalue weighted by molar-refractivity contribution is 0.136. The van der Waals surface area contributed by atoms with Crippen molar-refractivity contribution in [3.8, 4) is 0 Å². The molecule has 5 heteroatoms. The maximum atomic E-state index is 11.7. The molecule has 0 spiro atoms. The van der Waals surface area contributed by atoms with Gasteiger partial charge in [0.25, 0.3) is 0 Å². The van der Waals surface area contributed by atoms with Crippen LogP contribution in [0.1, 0.15) is 12.8 Å². The van der Waals surface area contributed by atoms with E-state index in [2.05, 4.69) is 0 Å². The molecule has 1 aliphatic rings. The molecule has 2 rings (SSSR count). The number of nitrogens with two attached hydrogens (primary N) is 1. The number of carbonyl (C=O) groups excluding carboxylic acids is 1. The zero-order valence-electron chi connectivity index (χ0n) is 9.43. The standard InChI is InChI=1S/C12H15ClN2O2/c13-10-5-1-2-6-11(10)15-8-9(4-3-7-14)17-12(15)16/h1-2,5-6,9H,3-4,7-8,14H2. The lowest BCUT2D eigenvalue weighted by Gasteiger charge is -2.14. The van der Waals surface area contributed by atoms with Crippen LogP contribution in [-0.2, 0) is 4.74 Å². The van der Waals surface area contributed by atoms with Crippen molar-refractivity contribution < 1.29 is 9.53 Å². The summed E-state index contributed by atoms with van der Waals surface area (Å²) in [6.07, 6.45) is 1.24. The third kappa shape index (κ3) is 2.70. The van der Waals surface area contributed by atoms with Crippen LogP contribution < -0.4 is 10.6 Å². The van der Waals surface area contributed by atoms with Crippen LogP contribution >= 0.6 is 11.6 Å². The van der Waals surface area contributed by atoms with Gasteiger partial charge in [0.05, 0.1) is 17.3 Å². The second kappa shape index (κ2) is 5.38. The van der Waals surface area contributed by atoms with Gasteiger partial charge in [0, 0.05) is 0 Å². The molecule has 1 fully saturated rings. The maximum absolute atomic E-state index is 11.7. The first-order chi connectivity index (χ1) is 8.22. The van der Waals surface area contributed by atoms with Gasteiger partial charge in [-0.05, 0) is 31.5 Å². The minimum Gasteiger partial charge on any atom is -0.444 e. The van der Waals surface area contributed by atoms with Crippen LogP contribution in [-0.4, -0.2) is 25.3 Å². The van der Waals surface area contributed by atoms with E-state index in [1.165, 1.54) is 0 Å². The molecule has 0 saturated carbocycles. The molecule has 0 aromatic heterocycles. The number of halogens is 1. The summed E-state index contributed by atoms with van der Waals surface area (Å²) in [6, 6.07) is 7.26. The molecule has 17 heavy (non-hydrogen) atoms. The fraction of sp³-hybridized carbons (Fsp3) is 0.417. The Bertz CT molecular complexity index is 411. The van der Waals surface area contributed by atoms with E-state index in [-0.39, 0.29) is 12.2 Å². The van der Waals surface area contributed by atoms with E-state index in [4.69, 9.17) is 22.1 Å². The van der Waals surface area contributed by atoms with Gasteiger partial charge in [-0.2, -0.15) is 0 Å². The van der Waals surface area contributed by atoms with Gasteiger partial charge in [-0.3, -0.25) is 4.90 Å². The monoisotopic (exact) mass is 254 g/mol. The van der Waals surface area contributed by atoms with Crippen molar-refractivity contribution in [1.82, 2.24) is 0 Å². The Labute approximate surface area is 105 Å². The van der Waals surface area contributed by atoms with Crippen molar-refractivity contribution >= 4 is 23.4 Å². The largest absolute Gasteiger partial charge is 0.444 e. The Kier molecular flexibility index (Phi) is 3.86. The maximum Gasteiger partial charge on any atom is 0.414 e. The zero-order valence-corrected chi connectivity index (χ0v) is 10.2. The molecule has 1 atom stereocenters. The molecular formula is C12H15ClN2O2. The van der Waals surface area contributed by atoms with E-state index in [1.54, 1.807) is 11.0 Å². The fourth-order valence-corrected chi connectivity index (χ4v) is 2.12. The second-order valence-corrected chi connectivity index (χ2v) is 4.41. The van der Waals surface area contributed by atoms with Gasteiger partial charge in [-0.15, -0.1) is 0 Å². The Morgan fingerprint density at radius 2 is 2.24 bits per heavy atom.